The van der Waals surface area contributed by atoms with Crippen LogP contribution in [0.15, 0.2) is 0 Å². The van der Waals surface area contributed by atoms with Crippen LogP contribution in [0.2, 0.25) is 0 Å². The van der Waals surface area contributed by atoms with Gasteiger partial charge in [0, 0.05) is 6.54 Å². The molecule has 0 radical (unpaired) electrons. The maximum absolute atomic E-state index is 8.88. The van der Waals surface area contributed by atoms with Gasteiger partial charge < -0.3 is 0 Å². The molecule has 0 amide bonds. The Hall–Kier alpha value is -1.37. The Kier molecular flexibility index (Phi) is 3.02. The van der Waals surface area contributed by atoms with E-state index < -0.39 is 0 Å². The van der Waals surface area contributed by atoms with E-state index in [1.165, 1.54) is 0 Å². The zero-order valence-corrected chi connectivity index (χ0v) is 8.28. The molecule has 1 rings (SSSR count). The number of nitrogens with zero attached hydrogens (tertiary/aromatic N) is 4. The van der Waals surface area contributed by atoms with Crippen molar-refractivity contribution in [3.8, 4) is 6.07 Å². The van der Waals surface area contributed by atoms with Gasteiger partial charge in [0.2, 0.25) is 0 Å². The normalized spacial score (nSPS) is 10.4. The van der Waals surface area contributed by atoms with Gasteiger partial charge in [-0.2, -0.15) is 5.26 Å². The number of hydrogen-bond acceptors (Lipinski definition) is 3. The standard InChI is InChI=1S/C9H14N4/c1-4-13-9(6-10)8(11-12-13)5-7(2)3/h7H,4-5H2,1-3H3. The number of aryl methyl sites for hydroxylation is 1. The maximum atomic E-state index is 8.88. The molecule has 0 aliphatic heterocycles. The second-order valence-electron chi connectivity index (χ2n) is 3.41. The third-order valence-electron chi connectivity index (χ3n) is 1.81. The maximum Gasteiger partial charge on any atom is 0.161 e. The van der Waals surface area contributed by atoms with Crippen LogP contribution in [-0.4, -0.2) is 15.0 Å². The molecule has 1 aromatic rings. The number of rotatable bonds is 3. The zero-order chi connectivity index (χ0) is 9.84. The van der Waals surface area contributed by atoms with Gasteiger partial charge in [0.05, 0.1) is 0 Å². The van der Waals surface area contributed by atoms with Crippen LogP contribution in [0.3, 0.4) is 0 Å². The summed E-state index contributed by atoms with van der Waals surface area (Å²) < 4.78 is 1.64. The molecule has 1 aromatic heterocycles. The first-order valence-electron chi connectivity index (χ1n) is 4.51. The van der Waals surface area contributed by atoms with Gasteiger partial charge in [0.25, 0.3) is 0 Å². The van der Waals surface area contributed by atoms with Crippen LogP contribution in [0.5, 0.6) is 0 Å². The van der Waals surface area contributed by atoms with Crippen LogP contribution in [-0.2, 0) is 13.0 Å². The minimum absolute atomic E-state index is 0.508. The van der Waals surface area contributed by atoms with Crippen molar-refractivity contribution in [3.63, 3.8) is 0 Å². The van der Waals surface area contributed by atoms with Gasteiger partial charge in [-0.25, -0.2) is 4.68 Å². The second kappa shape index (κ2) is 4.04. The Morgan fingerprint density at radius 3 is 2.69 bits per heavy atom. The van der Waals surface area contributed by atoms with Gasteiger partial charge >= 0.3 is 0 Å². The summed E-state index contributed by atoms with van der Waals surface area (Å²) in [7, 11) is 0. The Morgan fingerprint density at radius 2 is 2.23 bits per heavy atom. The lowest BCUT2D eigenvalue weighted by molar-refractivity contribution is 0.618. The van der Waals surface area contributed by atoms with Gasteiger partial charge in [-0.15, -0.1) is 5.10 Å². The average Bonchev–Trinajstić information content (AvgIpc) is 2.45. The molecule has 0 saturated heterocycles. The van der Waals surface area contributed by atoms with E-state index in [9.17, 15) is 0 Å². The van der Waals surface area contributed by atoms with E-state index in [0.29, 0.717) is 18.2 Å². The molecule has 0 atom stereocenters. The second-order valence-corrected chi connectivity index (χ2v) is 3.41. The lowest BCUT2D eigenvalue weighted by Crippen LogP contribution is -2.02. The molecule has 0 bridgehead atoms. The molecule has 70 valence electrons. The summed E-state index contributed by atoms with van der Waals surface area (Å²) in [5.74, 6) is 0.508. The summed E-state index contributed by atoms with van der Waals surface area (Å²) in [4.78, 5) is 0. The van der Waals surface area contributed by atoms with E-state index in [2.05, 4.69) is 30.2 Å². The van der Waals surface area contributed by atoms with Crippen LogP contribution < -0.4 is 0 Å². The van der Waals surface area contributed by atoms with Crippen molar-refractivity contribution in [2.45, 2.75) is 33.7 Å². The predicted octanol–water partition coefficient (Wildman–Crippen LogP) is 1.37. The topological polar surface area (TPSA) is 54.5 Å². The Labute approximate surface area is 78.2 Å². The largest absolute Gasteiger partial charge is 0.235 e. The summed E-state index contributed by atoms with van der Waals surface area (Å²) in [5.41, 5.74) is 1.43. The minimum atomic E-state index is 0.508. The number of nitriles is 1. The van der Waals surface area contributed by atoms with Crippen molar-refractivity contribution < 1.29 is 0 Å². The van der Waals surface area contributed by atoms with E-state index in [1.54, 1.807) is 4.68 Å². The van der Waals surface area contributed by atoms with Crippen LogP contribution in [0.1, 0.15) is 32.2 Å². The zero-order valence-electron chi connectivity index (χ0n) is 8.28. The van der Waals surface area contributed by atoms with Gasteiger partial charge in [-0.3, -0.25) is 0 Å². The van der Waals surface area contributed by atoms with Crippen molar-refractivity contribution in [2.24, 2.45) is 5.92 Å². The molecule has 1 heterocycles. The monoisotopic (exact) mass is 178 g/mol. The summed E-state index contributed by atoms with van der Waals surface area (Å²) >= 11 is 0. The molecule has 0 aromatic carbocycles. The predicted molar refractivity (Wildman–Crippen MR) is 49.0 cm³/mol. The smallest absolute Gasteiger partial charge is 0.161 e. The van der Waals surface area contributed by atoms with Crippen molar-refractivity contribution >= 4 is 0 Å². The van der Waals surface area contributed by atoms with Crippen LogP contribution in [0.25, 0.3) is 0 Å². The highest BCUT2D eigenvalue weighted by Gasteiger charge is 2.11. The van der Waals surface area contributed by atoms with Gasteiger partial charge in [0.1, 0.15) is 11.8 Å². The first kappa shape index (κ1) is 9.72. The fourth-order valence-corrected chi connectivity index (χ4v) is 1.22. The number of hydrogen-bond donors (Lipinski definition) is 0. The van der Waals surface area contributed by atoms with E-state index in [-0.39, 0.29) is 0 Å². The minimum Gasteiger partial charge on any atom is -0.235 e. The molecule has 13 heavy (non-hydrogen) atoms. The third-order valence-corrected chi connectivity index (χ3v) is 1.81. The Balaban J connectivity index is 2.96. The Bertz CT molecular complexity index is 319. The average molecular weight is 178 g/mol. The van der Waals surface area contributed by atoms with Gasteiger partial charge in [0.15, 0.2) is 5.69 Å². The molecular weight excluding hydrogens is 164 g/mol. The van der Waals surface area contributed by atoms with Gasteiger partial charge in [-0.1, -0.05) is 19.1 Å². The lowest BCUT2D eigenvalue weighted by atomic mass is 10.1. The summed E-state index contributed by atoms with van der Waals surface area (Å²) in [5, 5.41) is 16.8. The fraction of sp³-hybridized carbons (Fsp3) is 0.667. The van der Waals surface area contributed by atoms with Crippen LogP contribution in [0.4, 0.5) is 0 Å². The molecule has 4 nitrogen and oxygen atoms in total. The molecule has 0 unspecified atom stereocenters. The van der Waals surface area contributed by atoms with Crippen molar-refractivity contribution in [1.29, 1.82) is 5.26 Å². The molecule has 0 aliphatic rings. The molecular formula is C9H14N4. The quantitative estimate of drug-likeness (QED) is 0.702. The molecule has 0 spiro atoms. The van der Waals surface area contributed by atoms with Crippen molar-refractivity contribution in [1.82, 2.24) is 15.0 Å². The first-order chi connectivity index (χ1) is 6.19. The van der Waals surface area contributed by atoms with E-state index in [4.69, 9.17) is 5.26 Å². The molecule has 0 fully saturated rings. The summed E-state index contributed by atoms with van der Waals surface area (Å²) in [6, 6.07) is 2.14. The molecule has 0 aliphatic carbocycles. The highest BCUT2D eigenvalue weighted by atomic mass is 15.4. The van der Waals surface area contributed by atoms with Crippen molar-refractivity contribution in [2.75, 3.05) is 0 Å². The molecule has 0 N–H and O–H groups in total. The van der Waals surface area contributed by atoms with E-state index in [0.717, 1.165) is 12.1 Å². The molecule has 4 heteroatoms. The lowest BCUT2D eigenvalue weighted by Gasteiger charge is -2.00. The Morgan fingerprint density at radius 1 is 1.54 bits per heavy atom. The SMILES string of the molecule is CCn1nnc(CC(C)C)c1C#N. The highest BCUT2D eigenvalue weighted by molar-refractivity contribution is 5.25. The van der Waals surface area contributed by atoms with Crippen molar-refractivity contribution in [3.05, 3.63) is 11.4 Å². The van der Waals surface area contributed by atoms with Gasteiger partial charge in [-0.05, 0) is 19.3 Å². The van der Waals surface area contributed by atoms with Crippen LogP contribution >= 0.6 is 0 Å². The summed E-state index contributed by atoms with van der Waals surface area (Å²) in [6.07, 6.45) is 0.822. The fourth-order valence-electron chi connectivity index (χ4n) is 1.22. The highest BCUT2D eigenvalue weighted by Crippen LogP contribution is 2.09. The van der Waals surface area contributed by atoms with E-state index in [1.807, 2.05) is 6.92 Å². The number of aromatic nitrogens is 3. The first-order valence-corrected chi connectivity index (χ1v) is 4.51. The third kappa shape index (κ3) is 2.05. The molecule has 0 saturated carbocycles. The summed E-state index contributed by atoms with van der Waals surface area (Å²) in [6.45, 7) is 6.86. The van der Waals surface area contributed by atoms with Crippen LogP contribution in [0, 0.1) is 17.2 Å². The van der Waals surface area contributed by atoms with E-state index >= 15 is 0 Å².